The number of esters is 1. The van der Waals surface area contributed by atoms with Crippen LogP contribution >= 0.6 is 11.6 Å². The Morgan fingerprint density at radius 2 is 2.20 bits per heavy atom. The van der Waals surface area contributed by atoms with Gasteiger partial charge in [-0.3, -0.25) is 9.59 Å². The molecule has 5 heteroatoms. The Morgan fingerprint density at radius 3 is 2.80 bits per heavy atom. The highest BCUT2D eigenvalue weighted by Crippen LogP contribution is 2.38. The average Bonchev–Trinajstić information content (AvgIpc) is 3.13. The summed E-state index contributed by atoms with van der Waals surface area (Å²) in [7, 11) is 0. The molecule has 0 bridgehead atoms. The molecule has 1 aliphatic rings. The van der Waals surface area contributed by atoms with Crippen LogP contribution in [0.3, 0.4) is 0 Å². The number of hydrogen-bond acceptors (Lipinski definition) is 3. The highest BCUT2D eigenvalue weighted by molar-refractivity contribution is 6.30. The fraction of sp³-hybridized carbons (Fsp3) is 0.467. The molecule has 0 heterocycles. The lowest BCUT2D eigenvalue weighted by atomic mass is 10.1. The second kappa shape index (κ2) is 6.27. The molecule has 20 heavy (non-hydrogen) atoms. The van der Waals surface area contributed by atoms with E-state index in [1.807, 2.05) is 26.0 Å². The van der Waals surface area contributed by atoms with Crippen molar-refractivity contribution in [1.29, 1.82) is 0 Å². The smallest absolute Gasteiger partial charge is 0.309 e. The third-order valence-corrected chi connectivity index (χ3v) is 3.72. The molecule has 0 aromatic heterocycles. The predicted molar refractivity (Wildman–Crippen MR) is 76.2 cm³/mol. The van der Waals surface area contributed by atoms with Gasteiger partial charge in [0.05, 0.1) is 12.0 Å². The Kier molecular flexibility index (Phi) is 4.65. The van der Waals surface area contributed by atoms with E-state index in [4.69, 9.17) is 16.3 Å². The zero-order chi connectivity index (χ0) is 14.7. The molecule has 1 saturated carbocycles. The van der Waals surface area contributed by atoms with E-state index in [2.05, 4.69) is 5.32 Å². The van der Waals surface area contributed by atoms with Crippen molar-refractivity contribution in [3.05, 3.63) is 34.9 Å². The summed E-state index contributed by atoms with van der Waals surface area (Å²) in [4.78, 5) is 23.2. The van der Waals surface area contributed by atoms with Crippen LogP contribution in [0.25, 0.3) is 0 Å². The van der Waals surface area contributed by atoms with Gasteiger partial charge in [-0.05, 0) is 37.0 Å². The summed E-state index contributed by atoms with van der Waals surface area (Å²) in [5.74, 6) is -0.216. The molecule has 0 unspecified atom stereocenters. The number of carbonyl (C=O) groups is 2. The second-order valence-electron chi connectivity index (χ2n) is 5.27. The molecule has 1 aliphatic carbocycles. The van der Waals surface area contributed by atoms with Gasteiger partial charge in [0.2, 0.25) is 0 Å². The molecule has 0 aliphatic heterocycles. The molecule has 3 atom stereocenters. The minimum atomic E-state index is -0.306. The first-order chi connectivity index (χ1) is 9.47. The summed E-state index contributed by atoms with van der Waals surface area (Å²) in [5.41, 5.74) is 0.910. The summed E-state index contributed by atoms with van der Waals surface area (Å²) >= 11 is 5.90. The van der Waals surface area contributed by atoms with Crippen LogP contribution < -0.4 is 5.32 Å². The van der Waals surface area contributed by atoms with Crippen molar-refractivity contribution in [3.63, 3.8) is 0 Å². The fourth-order valence-electron chi connectivity index (χ4n) is 2.04. The maximum Gasteiger partial charge on any atom is 0.309 e. The number of halogens is 1. The predicted octanol–water partition coefficient (Wildman–Crippen LogP) is 2.72. The lowest BCUT2D eigenvalue weighted by Gasteiger charge is -2.14. The lowest BCUT2D eigenvalue weighted by Crippen LogP contribution is -2.31. The normalized spacial score (nSPS) is 21.9. The number of ether oxygens (including phenoxy) is 1. The van der Waals surface area contributed by atoms with Crippen molar-refractivity contribution >= 4 is 23.5 Å². The van der Waals surface area contributed by atoms with Gasteiger partial charge in [0, 0.05) is 5.02 Å². The Labute approximate surface area is 123 Å². The standard InChI is InChI=1S/C15H18ClNO3/c1-9-6-13(9)15(19)20-8-14(18)17-10(2)11-4-3-5-12(16)7-11/h3-5,7,9-10,13H,6,8H2,1-2H3,(H,17,18)/t9-,10-,13-/m0/s1. The van der Waals surface area contributed by atoms with E-state index in [-0.39, 0.29) is 30.4 Å². The summed E-state index contributed by atoms with van der Waals surface area (Å²) < 4.78 is 4.98. The molecular weight excluding hydrogens is 278 g/mol. The van der Waals surface area contributed by atoms with Crippen LogP contribution in [0.4, 0.5) is 0 Å². The quantitative estimate of drug-likeness (QED) is 0.850. The van der Waals surface area contributed by atoms with Gasteiger partial charge in [-0.2, -0.15) is 0 Å². The van der Waals surface area contributed by atoms with Crippen LogP contribution in [0.1, 0.15) is 31.9 Å². The Hall–Kier alpha value is -1.55. The summed E-state index contributed by atoms with van der Waals surface area (Å²) in [5, 5.41) is 3.40. The third-order valence-electron chi connectivity index (χ3n) is 3.48. The molecule has 108 valence electrons. The molecule has 2 rings (SSSR count). The van der Waals surface area contributed by atoms with Crippen molar-refractivity contribution in [1.82, 2.24) is 5.32 Å². The Morgan fingerprint density at radius 1 is 1.50 bits per heavy atom. The number of benzene rings is 1. The molecule has 0 saturated heterocycles. The molecule has 0 spiro atoms. The molecular formula is C15H18ClNO3. The molecule has 4 nitrogen and oxygen atoms in total. The number of hydrogen-bond donors (Lipinski definition) is 1. The number of carbonyl (C=O) groups excluding carboxylic acids is 2. The van der Waals surface area contributed by atoms with Gasteiger partial charge in [-0.1, -0.05) is 30.7 Å². The van der Waals surface area contributed by atoms with Crippen LogP contribution in [-0.4, -0.2) is 18.5 Å². The first-order valence-electron chi connectivity index (χ1n) is 6.69. The second-order valence-corrected chi connectivity index (χ2v) is 5.71. The molecule has 1 amide bonds. The number of nitrogens with one attached hydrogen (secondary N) is 1. The molecule has 1 aromatic carbocycles. The Bertz CT molecular complexity index is 518. The first kappa shape index (κ1) is 14.9. The van der Waals surface area contributed by atoms with Gasteiger partial charge in [0.15, 0.2) is 6.61 Å². The topological polar surface area (TPSA) is 55.4 Å². The van der Waals surface area contributed by atoms with Crippen molar-refractivity contribution in [2.75, 3.05) is 6.61 Å². The van der Waals surface area contributed by atoms with Gasteiger partial charge in [-0.25, -0.2) is 0 Å². The van der Waals surface area contributed by atoms with Crippen molar-refractivity contribution < 1.29 is 14.3 Å². The zero-order valence-corrected chi connectivity index (χ0v) is 12.3. The monoisotopic (exact) mass is 295 g/mol. The fourth-order valence-corrected chi connectivity index (χ4v) is 2.24. The van der Waals surface area contributed by atoms with Gasteiger partial charge in [-0.15, -0.1) is 0 Å². The van der Waals surface area contributed by atoms with E-state index in [1.54, 1.807) is 12.1 Å². The van der Waals surface area contributed by atoms with E-state index in [9.17, 15) is 9.59 Å². The van der Waals surface area contributed by atoms with Crippen LogP contribution in [-0.2, 0) is 14.3 Å². The molecule has 0 radical (unpaired) electrons. The summed E-state index contributed by atoms with van der Waals surface area (Å²) in [6.45, 7) is 3.62. The van der Waals surface area contributed by atoms with Crippen LogP contribution in [0.15, 0.2) is 24.3 Å². The van der Waals surface area contributed by atoms with Gasteiger partial charge in [0.1, 0.15) is 0 Å². The average molecular weight is 296 g/mol. The van der Waals surface area contributed by atoms with Crippen LogP contribution in [0.2, 0.25) is 5.02 Å². The van der Waals surface area contributed by atoms with E-state index in [0.717, 1.165) is 12.0 Å². The maximum atomic E-state index is 11.7. The molecule has 1 N–H and O–H groups in total. The van der Waals surface area contributed by atoms with Crippen LogP contribution in [0.5, 0.6) is 0 Å². The van der Waals surface area contributed by atoms with E-state index >= 15 is 0 Å². The molecule has 1 aromatic rings. The minimum absolute atomic E-state index is 0.0202. The maximum absolute atomic E-state index is 11.7. The van der Waals surface area contributed by atoms with Crippen molar-refractivity contribution in [3.8, 4) is 0 Å². The van der Waals surface area contributed by atoms with E-state index in [0.29, 0.717) is 10.9 Å². The highest BCUT2D eigenvalue weighted by atomic mass is 35.5. The number of amides is 1. The highest BCUT2D eigenvalue weighted by Gasteiger charge is 2.40. The molecule has 1 fully saturated rings. The zero-order valence-electron chi connectivity index (χ0n) is 11.6. The Balaban J connectivity index is 1.77. The van der Waals surface area contributed by atoms with Crippen molar-refractivity contribution in [2.45, 2.75) is 26.3 Å². The van der Waals surface area contributed by atoms with Crippen molar-refractivity contribution in [2.24, 2.45) is 11.8 Å². The lowest BCUT2D eigenvalue weighted by molar-refractivity contribution is -0.150. The number of rotatable bonds is 5. The summed E-state index contributed by atoms with van der Waals surface area (Å²) in [6, 6.07) is 7.10. The van der Waals surface area contributed by atoms with E-state index in [1.165, 1.54) is 0 Å². The largest absolute Gasteiger partial charge is 0.455 e. The minimum Gasteiger partial charge on any atom is -0.455 e. The third kappa shape index (κ3) is 3.97. The summed E-state index contributed by atoms with van der Waals surface area (Å²) in [6.07, 6.45) is 0.860. The van der Waals surface area contributed by atoms with Gasteiger partial charge >= 0.3 is 5.97 Å². The first-order valence-corrected chi connectivity index (χ1v) is 7.06. The van der Waals surface area contributed by atoms with Gasteiger partial charge < -0.3 is 10.1 Å². The van der Waals surface area contributed by atoms with E-state index < -0.39 is 0 Å². The SMILES string of the molecule is C[C@H](NC(=O)COC(=O)[C@H]1C[C@@H]1C)c1cccc(Cl)c1. The van der Waals surface area contributed by atoms with Crippen LogP contribution in [0, 0.1) is 11.8 Å². The van der Waals surface area contributed by atoms with Gasteiger partial charge in [0.25, 0.3) is 5.91 Å².